The molecular formula is C26H26N2O4. The summed E-state index contributed by atoms with van der Waals surface area (Å²) in [6, 6.07) is 17.9. The first kappa shape index (κ1) is 21.4. The maximum absolute atomic E-state index is 13.0. The van der Waals surface area contributed by atoms with Crippen LogP contribution in [0.4, 0.5) is 5.69 Å². The highest BCUT2D eigenvalue weighted by atomic mass is 16.5. The first-order valence-electron chi connectivity index (χ1n) is 10.8. The predicted molar refractivity (Wildman–Crippen MR) is 123 cm³/mol. The average molecular weight is 431 g/mol. The number of rotatable bonds is 7. The van der Waals surface area contributed by atoms with Gasteiger partial charge in [0.25, 0.3) is 11.8 Å². The van der Waals surface area contributed by atoms with E-state index >= 15 is 0 Å². The standard InChI is InChI=1S/C26H26N2O4/c1-18-7-2-5-11-23(18)25(29)28-24(17-22-10-6-16-31-22)26(30)27-19-12-14-21(15-13-19)32-20-8-3-4-9-20/h2,5-7,10-17,20H,3-4,8-9H2,1H3,(H,27,30)(H,28,29)/b24-17-. The Morgan fingerprint density at radius 2 is 1.75 bits per heavy atom. The molecule has 0 saturated heterocycles. The highest BCUT2D eigenvalue weighted by Crippen LogP contribution is 2.25. The molecule has 1 heterocycles. The third-order valence-corrected chi connectivity index (χ3v) is 5.43. The third kappa shape index (κ3) is 5.46. The molecule has 0 radical (unpaired) electrons. The second-order valence-electron chi connectivity index (χ2n) is 7.85. The summed E-state index contributed by atoms with van der Waals surface area (Å²) in [6.45, 7) is 1.85. The van der Waals surface area contributed by atoms with Crippen LogP contribution < -0.4 is 15.4 Å². The summed E-state index contributed by atoms with van der Waals surface area (Å²) in [5.74, 6) is 0.429. The maximum atomic E-state index is 13.0. The Morgan fingerprint density at radius 1 is 1.00 bits per heavy atom. The molecule has 4 rings (SSSR count). The van der Waals surface area contributed by atoms with E-state index in [1.165, 1.54) is 25.2 Å². The van der Waals surface area contributed by atoms with Crippen LogP contribution in [-0.2, 0) is 4.79 Å². The SMILES string of the molecule is Cc1ccccc1C(=O)N/C(=C\c1ccco1)C(=O)Nc1ccc(OC2CCCC2)cc1. The zero-order chi connectivity index (χ0) is 22.3. The molecule has 0 bridgehead atoms. The highest BCUT2D eigenvalue weighted by Gasteiger charge is 2.18. The van der Waals surface area contributed by atoms with Crippen molar-refractivity contribution in [3.8, 4) is 5.75 Å². The lowest BCUT2D eigenvalue weighted by molar-refractivity contribution is -0.113. The molecule has 0 atom stereocenters. The quantitative estimate of drug-likeness (QED) is 0.497. The molecule has 0 unspecified atom stereocenters. The number of furan rings is 1. The van der Waals surface area contributed by atoms with E-state index < -0.39 is 5.91 Å². The van der Waals surface area contributed by atoms with Gasteiger partial charge in [-0.25, -0.2) is 0 Å². The van der Waals surface area contributed by atoms with Gasteiger partial charge in [-0.1, -0.05) is 18.2 Å². The zero-order valence-electron chi connectivity index (χ0n) is 18.0. The summed E-state index contributed by atoms with van der Waals surface area (Å²) in [7, 11) is 0. The summed E-state index contributed by atoms with van der Waals surface area (Å²) in [5.41, 5.74) is 2.00. The third-order valence-electron chi connectivity index (χ3n) is 5.43. The van der Waals surface area contributed by atoms with Crippen LogP contribution in [0.3, 0.4) is 0 Å². The molecule has 2 N–H and O–H groups in total. The molecule has 1 fully saturated rings. The molecular weight excluding hydrogens is 404 g/mol. The lowest BCUT2D eigenvalue weighted by Gasteiger charge is -2.14. The predicted octanol–water partition coefficient (Wildman–Crippen LogP) is 5.32. The van der Waals surface area contributed by atoms with Crippen molar-refractivity contribution in [2.75, 3.05) is 5.32 Å². The molecule has 1 aliphatic carbocycles. The topological polar surface area (TPSA) is 80.6 Å². The summed E-state index contributed by atoms with van der Waals surface area (Å²) in [4.78, 5) is 25.8. The molecule has 2 amide bonds. The molecule has 6 nitrogen and oxygen atoms in total. The van der Waals surface area contributed by atoms with Crippen LogP contribution >= 0.6 is 0 Å². The first-order chi connectivity index (χ1) is 15.6. The lowest BCUT2D eigenvalue weighted by atomic mass is 10.1. The summed E-state index contributed by atoms with van der Waals surface area (Å²) < 4.78 is 11.3. The number of anilines is 1. The van der Waals surface area contributed by atoms with Gasteiger partial charge < -0.3 is 19.8 Å². The van der Waals surface area contributed by atoms with E-state index in [2.05, 4.69) is 10.6 Å². The van der Waals surface area contributed by atoms with E-state index in [1.807, 2.05) is 31.2 Å². The van der Waals surface area contributed by atoms with Gasteiger partial charge in [0.1, 0.15) is 17.2 Å². The van der Waals surface area contributed by atoms with Gasteiger partial charge in [-0.05, 0) is 80.6 Å². The second-order valence-corrected chi connectivity index (χ2v) is 7.85. The first-order valence-corrected chi connectivity index (χ1v) is 10.8. The van der Waals surface area contributed by atoms with E-state index in [0.29, 0.717) is 17.0 Å². The van der Waals surface area contributed by atoms with Crippen LogP contribution in [0.25, 0.3) is 6.08 Å². The Labute approximate surface area is 187 Å². The van der Waals surface area contributed by atoms with Crippen molar-refractivity contribution in [3.05, 3.63) is 89.5 Å². The van der Waals surface area contributed by atoms with Gasteiger partial charge in [0.15, 0.2) is 0 Å². The Hall–Kier alpha value is -3.80. The minimum atomic E-state index is -0.451. The number of benzene rings is 2. The summed E-state index contributed by atoms with van der Waals surface area (Å²) in [6.07, 6.45) is 7.86. The van der Waals surface area contributed by atoms with E-state index in [9.17, 15) is 9.59 Å². The Bertz CT molecular complexity index is 1100. The Balaban J connectivity index is 1.48. The average Bonchev–Trinajstić information content (AvgIpc) is 3.49. The molecule has 0 spiro atoms. The molecule has 1 aliphatic rings. The van der Waals surface area contributed by atoms with Crippen molar-refractivity contribution in [2.45, 2.75) is 38.7 Å². The van der Waals surface area contributed by atoms with E-state index in [0.717, 1.165) is 24.2 Å². The van der Waals surface area contributed by atoms with Crippen LogP contribution in [0.5, 0.6) is 5.75 Å². The fraction of sp³-hybridized carbons (Fsp3) is 0.231. The molecule has 6 heteroatoms. The number of aryl methyl sites for hydroxylation is 1. The maximum Gasteiger partial charge on any atom is 0.272 e. The molecule has 32 heavy (non-hydrogen) atoms. The molecule has 1 aromatic heterocycles. The number of hydrogen-bond donors (Lipinski definition) is 2. The molecule has 164 valence electrons. The summed E-state index contributed by atoms with van der Waals surface area (Å²) >= 11 is 0. The minimum absolute atomic E-state index is 0.0829. The Kier molecular flexibility index (Phi) is 6.70. The second kappa shape index (κ2) is 10.0. The van der Waals surface area contributed by atoms with Crippen molar-refractivity contribution < 1.29 is 18.7 Å². The van der Waals surface area contributed by atoms with Crippen LogP contribution in [0.1, 0.15) is 47.4 Å². The molecule has 0 aliphatic heterocycles. The normalized spacial score (nSPS) is 14.2. The number of hydrogen-bond acceptors (Lipinski definition) is 4. The van der Waals surface area contributed by atoms with E-state index in [4.69, 9.17) is 9.15 Å². The van der Waals surface area contributed by atoms with Gasteiger partial charge in [0.2, 0.25) is 0 Å². The van der Waals surface area contributed by atoms with Gasteiger partial charge in [-0.2, -0.15) is 0 Å². The van der Waals surface area contributed by atoms with Crippen molar-refractivity contribution >= 4 is 23.6 Å². The number of ether oxygens (including phenoxy) is 1. The van der Waals surface area contributed by atoms with Crippen molar-refractivity contribution in [1.82, 2.24) is 5.32 Å². The molecule has 3 aromatic rings. The van der Waals surface area contributed by atoms with Gasteiger partial charge in [-0.15, -0.1) is 0 Å². The summed E-state index contributed by atoms with van der Waals surface area (Å²) in [5, 5.41) is 5.55. The van der Waals surface area contributed by atoms with E-state index in [1.54, 1.807) is 36.4 Å². The van der Waals surface area contributed by atoms with Crippen LogP contribution in [0.15, 0.2) is 77.0 Å². The number of carbonyl (C=O) groups is 2. The fourth-order valence-electron chi connectivity index (χ4n) is 3.71. The smallest absolute Gasteiger partial charge is 0.272 e. The molecule has 2 aromatic carbocycles. The van der Waals surface area contributed by atoms with Gasteiger partial charge >= 0.3 is 0 Å². The van der Waals surface area contributed by atoms with Crippen molar-refractivity contribution in [1.29, 1.82) is 0 Å². The number of nitrogens with one attached hydrogen (secondary N) is 2. The van der Waals surface area contributed by atoms with Crippen LogP contribution in [0, 0.1) is 6.92 Å². The highest BCUT2D eigenvalue weighted by molar-refractivity contribution is 6.10. The monoisotopic (exact) mass is 430 g/mol. The lowest BCUT2D eigenvalue weighted by Crippen LogP contribution is -2.31. The van der Waals surface area contributed by atoms with Gasteiger partial charge in [0, 0.05) is 17.3 Å². The van der Waals surface area contributed by atoms with Crippen LogP contribution in [-0.4, -0.2) is 17.9 Å². The Morgan fingerprint density at radius 3 is 2.44 bits per heavy atom. The largest absolute Gasteiger partial charge is 0.490 e. The molecule has 1 saturated carbocycles. The van der Waals surface area contributed by atoms with Gasteiger partial charge in [0.05, 0.1) is 12.4 Å². The van der Waals surface area contributed by atoms with Crippen molar-refractivity contribution in [3.63, 3.8) is 0 Å². The number of amides is 2. The minimum Gasteiger partial charge on any atom is -0.490 e. The fourth-order valence-corrected chi connectivity index (χ4v) is 3.71. The van der Waals surface area contributed by atoms with Gasteiger partial charge in [-0.3, -0.25) is 9.59 Å². The van der Waals surface area contributed by atoms with E-state index in [-0.39, 0.29) is 17.7 Å². The van der Waals surface area contributed by atoms with Crippen LogP contribution in [0.2, 0.25) is 0 Å². The number of carbonyl (C=O) groups excluding carboxylic acids is 2. The zero-order valence-corrected chi connectivity index (χ0v) is 18.0. The van der Waals surface area contributed by atoms with Crippen molar-refractivity contribution in [2.24, 2.45) is 0 Å².